The summed E-state index contributed by atoms with van der Waals surface area (Å²) in [5.74, 6) is 1.42. The van der Waals surface area contributed by atoms with Crippen LogP contribution in [-0.4, -0.2) is 56.9 Å². The topological polar surface area (TPSA) is 106 Å². The van der Waals surface area contributed by atoms with E-state index in [0.29, 0.717) is 39.8 Å². The van der Waals surface area contributed by atoms with Gasteiger partial charge in [0.15, 0.2) is 5.82 Å². The van der Waals surface area contributed by atoms with Gasteiger partial charge in [-0.25, -0.2) is 4.98 Å². The fourth-order valence-corrected chi connectivity index (χ4v) is 5.15. The van der Waals surface area contributed by atoms with Crippen molar-refractivity contribution in [1.82, 2.24) is 14.9 Å². The van der Waals surface area contributed by atoms with Gasteiger partial charge < -0.3 is 20.5 Å². The minimum Gasteiger partial charge on any atom is -0.490 e. The first kappa shape index (κ1) is 23.6. The van der Waals surface area contributed by atoms with E-state index in [1.807, 2.05) is 0 Å². The lowest BCUT2D eigenvalue weighted by atomic mass is 9.84. The number of hydrogen-bond donors (Lipinski definition) is 3. The van der Waals surface area contributed by atoms with Gasteiger partial charge in [-0.15, -0.1) is 0 Å². The van der Waals surface area contributed by atoms with Crippen molar-refractivity contribution in [1.29, 1.82) is 5.26 Å². The number of halogens is 1. The van der Waals surface area contributed by atoms with Gasteiger partial charge in [0.2, 0.25) is 5.95 Å². The number of nitrogens with one attached hydrogen (secondary N) is 2. The quantitative estimate of drug-likeness (QED) is 0.549. The monoisotopic (exact) mass is 470 g/mol. The third-order valence-electron chi connectivity index (χ3n) is 6.38. The van der Waals surface area contributed by atoms with Gasteiger partial charge in [0, 0.05) is 23.3 Å². The van der Waals surface area contributed by atoms with E-state index in [1.54, 1.807) is 31.3 Å². The lowest BCUT2D eigenvalue weighted by molar-refractivity contribution is 0.0501. The zero-order valence-electron chi connectivity index (χ0n) is 19.3. The number of aromatic nitrogens is 2. The lowest BCUT2D eigenvalue weighted by Gasteiger charge is -2.47. The molecule has 4 rings (SSSR count). The molecule has 2 aromatic rings. The minimum atomic E-state index is -0.616. The molecule has 2 saturated heterocycles. The SMILES string of the molecule is CC(O)COc1ccc(Nc2ncc(Cl)c(N[C@@H]3C[C@H]4CCCN4C(C)(C)C3)n2)cc1C#N. The number of benzene rings is 1. The number of aliphatic hydroxyl groups is 1. The zero-order valence-corrected chi connectivity index (χ0v) is 20.1. The van der Waals surface area contributed by atoms with E-state index in [-0.39, 0.29) is 18.2 Å². The van der Waals surface area contributed by atoms with Crippen molar-refractivity contribution < 1.29 is 9.84 Å². The molecular formula is C24H31ClN6O2. The molecule has 8 nitrogen and oxygen atoms in total. The normalized spacial score (nSPS) is 22.8. The van der Waals surface area contributed by atoms with Crippen molar-refractivity contribution >= 4 is 29.1 Å². The largest absolute Gasteiger partial charge is 0.490 e. The number of nitrogens with zero attached hydrogens (tertiary/aromatic N) is 4. The highest BCUT2D eigenvalue weighted by Gasteiger charge is 2.43. The maximum atomic E-state index is 9.46. The van der Waals surface area contributed by atoms with Crippen LogP contribution in [0.4, 0.5) is 17.5 Å². The van der Waals surface area contributed by atoms with Crippen LogP contribution < -0.4 is 15.4 Å². The summed E-state index contributed by atoms with van der Waals surface area (Å²) in [7, 11) is 0. The van der Waals surface area contributed by atoms with Crippen LogP contribution in [0.5, 0.6) is 5.75 Å². The summed E-state index contributed by atoms with van der Waals surface area (Å²) in [5.41, 5.74) is 1.16. The van der Waals surface area contributed by atoms with E-state index in [2.05, 4.69) is 45.4 Å². The van der Waals surface area contributed by atoms with Crippen LogP contribution in [0.25, 0.3) is 0 Å². The van der Waals surface area contributed by atoms with Gasteiger partial charge in [0.1, 0.15) is 23.4 Å². The number of nitriles is 1. The van der Waals surface area contributed by atoms with Crippen molar-refractivity contribution in [2.45, 2.75) is 70.2 Å². The van der Waals surface area contributed by atoms with Crippen LogP contribution in [0.15, 0.2) is 24.4 Å². The third-order valence-corrected chi connectivity index (χ3v) is 6.65. The number of rotatable bonds is 7. The second-order valence-corrected chi connectivity index (χ2v) is 9.99. The van der Waals surface area contributed by atoms with Crippen molar-refractivity contribution in [3.05, 3.63) is 35.0 Å². The van der Waals surface area contributed by atoms with Gasteiger partial charge in [-0.2, -0.15) is 10.2 Å². The molecule has 0 amide bonds. The summed E-state index contributed by atoms with van der Waals surface area (Å²) in [6.07, 6.45) is 5.56. The summed E-state index contributed by atoms with van der Waals surface area (Å²) in [4.78, 5) is 11.5. The standard InChI is InChI=1S/C24H31ClN6O2/c1-15(32)14-33-21-7-6-17(9-16(21)12-26)29-23-27-13-20(25)22(30-23)28-18-10-19-5-4-8-31(19)24(2,3)11-18/h6-7,9,13,15,18-19,32H,4-5,8,10-11,14H2,1-3H3,(H2,27,28,29,30)/t15?,18-,19-/m1/s1. The Morgan fingerprint density at radius 3 is 3.00 bits per heavy atom. The maximum Gasteiger partial charge on any atom is 0.229 e. The summed E-state index contributed by atoms with van der Waals surface area (Å²) < 4.78 is 5.50. The second kappa shape index (κ2) is 9.72. The van der Waals surface area contributed by atoms with Crippen LogP contribution in [0, 0.1) is 11.3 Å². The molecule has 3 atom stereocenters. The maximum absolute atomic E-state index is 9.46. The first-order valence-corrected chi connectivity index (χ1v) is 11.8. The number of piperidine rings is 1. The van der Waals surface area contributed by atoms with Crippen LogP contribution >= 0.6 is 11.6 Å². The third kappa shape index (κ3) is 5.49. The average Bonchev–Trinajstić information content (AvgIpc) is 3.24. The van der Waals surface area contributed by atoms with E-state index in [0.717, 1.165) is 12.8 Å². The van der Waals surface area contributed by atoms with E-state index in [1.165, 1.54) is 19.4 Å². The van der Waals surface area contributed by atoms with E-state index in [4.69, 9.17) is 16.3 Å². The Morgan fingerprint density at radius 2 is 2.24 bits per heavy atom. The van der Waals surface area contributed by atoms with E-state index >= 15 is 0 Å². The lowest BCUT2D eigenvalue weighted by Crippen LogP contribution is -2.55. The number of fused-ring (bicyclic) bond motifs is 1. The van der Waals surface area contributed by atoms with E-state index < -0.39 is 6.10 Å². The fraction of sp³-hybridized carbons (Fsp3) is 0.542. The van der Waals surface area contributed by atoms with Gasteiger partial charge in [-0.1, -0.05) is 11.6 Å². The van der Waals surface area contributed by atoms with Crippen LogP contribution in [0.1, 0.15) is 52.0 Å². The average molecular weight is 471 g/mol. The van der Waals surface area contributed by atoms with Gasteiger partial charge in [0.05, 0.1) is 17.9 Å². The molecule has 1 aromatic heterocycles. The zero-order chi connectivity index (χ0) is 23.6. The number of hydrogen-bond acceptors (Lipinski definition) is 8. The Hall–Kier alpha value is -2.60. The second-order valence-electron chi connectivity index (χ2n) is 9.58. The minimum absolute atomic E-state index is 0.118. The highest BCUT2D eigenvalue weighted by atomic mass is 35.5. The van der Waals surface area contributed by atoms with Gasteiger partial charge >= 0.3 is 0 Å². The molecule has 9 heteroatoms. The predicted molar refractivity (Wildman–Crippen MR) is 129 cm³/mol. The number of anilines is 3. The van der Waals surface area contributed by atoms with Crippen LogP contribution in [-0.2, 0) is 0 Å². The molecule has 0 saturated carbocycles. The van der Waals surface area contributed by atoms with E-state index in [9.17, 15) is 10.4 Å². The molecule has 176 valence electrons. The Kier molecular flexibility index (Phi) is 6.94. The highest BCUT2D eigenvalue weighted by Crippen LogP contribution is 2.39. The molecule has 1 unspecified atom stereocenters. The molecule has 0 spiro atoms. The van der Waals surface area contributed by atoms with Crippen LogP contribution in [0.3, 0.4) is 0 Å². The predicted octanol–water partition coefficient (Wildman–Crippen LogP) is 4.32. The summed E-state index contributed by atoms with van der Waals surface area (Å²) >= 11 is 6.42. The van der Waals surface area contributed by atoms with Crippen LogP contribution in [0.2, 0.25) is 5.02 Å². The number of aliphatic hydroxyl groups excluding tert-OH is 1. The molecule has 0 aliphatic carbocycles. The molecule has 2 fully saturated rings. The molecule has 2 aliphatic rings. The highest BCUT2D eigenvalue weighted by molar-refractivity contribution is 6.32. The summed E-state index contributed by atoms with van der Waals surface area (Å²) in [6, 6.07) is 8.15. The van der Waals surface area contributed by atoms with Crippen molar-refractivity contribution in [2.24, 2.45) is 0 Å². The molecule has 1 aromatic carbocycles. The van der Waals surface area contributed by atoms with Gasteiger partial charge in [-0.3, -0.25) is 4.90 Å². The Labute approximate surface area is 199 Å². The molecule has 3 N–H and O–H groups in total. The Balaban J connectivity index is 1.47. The summed E-state index contributed by atoms with van der Waals surface area (Å²) in [6.45, 7) is 7.56. The molecule has 3 heterocycles. The summed E-state index contributed by atoms with van der Waals surface area (Å²) in [5, 5.41) is 26.1. The molecule has 33 heavy (non-hydrogen) atoms. The van der Waals surface area contributed by atoms with Crippen molar-refractivity contribution in [3.63, 3.8) is 0 Å². The molecular weight excluding hydrogens is 440 g/mol. The van der Waals surface area contributed by atoms with Crippen molar-refractivity contribution in [3.8, 4) is 11.8 Å². The first-order valence-electron chi connectivity index (χ1n) is 11.4. The van der Waals surface area contributed by atoms with Gasteiger partial charge in [-0.05, 0) is 71.2 Å². The van der Waals surface area contributed by atoms with Crippen molar-refractivity contribution in [2.75, 3.05) is 23.8 Å². The smallest absolute Gasteiger partial charge is 0.229 e. The fourth-order valence-electron chi connectivity index (χ4n) is 5.00. The Morgan fingerprint density at radius 1 is 1.42 bits per heavy atom. The van der Waals surface area contributed by atoms with Gasteiger partial charge in [0.25, 0.3) is 0 Å². The molecule has 0 bridgehead atoms. The number of ether oxygens (including phenoxy) is 1. The first-order chi connectivity index (χ1) is 15.7. The Bertz CT molecular complexity index is 1040. The molecule has 0 radical (unpaired) electrons. The molecule has 2 aliphatic heterocycles.